The van der Waals surface area contributed by atoms with Gasteiger partial charge in [-0.2, -0.15) is 5.26 Å². The van der Waals surface area contributed by atoms with Crippen LogP contribution in [0.4, 0.5) is 4.39 Å². The minimum Gasteiger partial charge on any atom is -0.264 e. The van der Waals surface area contributed by atoms with Crippen LogP contribution in [-0.4, -0.2) is 4.98 Å². The van der Waals surface area contributed by atoms with Crippen LogP contribution in [0.3, 0.4) is 0 Å². The van der Waals surface area contributed by atoms with Crippen LogP contribution in [0.1, 0.15) is 11.1 Å². The number of nitriles is 1. The highest BCUT2D eigenvalue weighted by Gasteiger charge is 2.04. The van der Waals surface area contributed by atoms with Crippen molar-refractivity contribution in [3.8, 4) is 6.07 Å². The molecule has 0 aliphatic carbocycles. The molecule has 0 amide bonds. The molecule has 2 rings (SSSR count). The molecular formula is C14H8ClFN2. The molecule has 0 spiro atoms. The Morgan fingerprint density at radius 3 is 2.83 bits per heavy atom. The lowest BCUT2D eigenvalue weighted by Gasteiger charge is -2.01. The standard InChI is InChI=1S/C14H8ClFN2/c15-14-7-13(16)4-3-10(14)6-12(8-17)11-2-1-5-18-9-11/h1-7,9H/b12-6-. The Labute approximate surface area is 109 Å². The molecule has 0 bridgehead atoms. The van der Waals surface area contributed by atoms with Gasteiger partial charge in [0.25, 0.3) is 0 Å². The Kier molecular flexibility index (Phi) is 3.71. The topological polar surface area (TPSA) is 36.7 Å². The highest BCUT2D eigenvalue weighted by molar-refractivity contribution is 6.32. The summed E-state index contributed by atoms with van der Waals surface area (Å²) >= 11 is 5.91. The van der Waals surface area contributed by atoms with E-state index in [9.17, 15) is 4.39 Å². The van der Waals surface area contributed by atoms with E-state index in [2.05, 4.69) is 11.1 Å². The smallest absolute Gasteiger partial charge is 0.124 e. The van der Waals surface area contributed by atoms with Crippen LogP contribution >= 0.6 is 11.6 Å². The van der Waals surface area contributed by atoms with Crippen LogP contribution in [0.25, 0.3) is 11.6 Å². The summed E-state index contributed by atoms with van der Waals surface area (Å²) in [6, 6.07) is 9.65. The fourth-order valence-electron chi connectivity index (χ4n) is 1.48. The summed E-state index contributed by atoms with van der Waals surface area (Å²) in [5.41, 5.74) is 1.72. The van der Waals surface area contributed by atoms with Crippen molar-refractivity contribution in [1.29, 1.82) is 5.26 Å². The maximum Gasteiger partial charge on any atom is 0.124 e. The normalized spacial score (nSPS) is 11.1. The van der Waals surface area contributed by atoms with E-state index >= 15 is 0 Å². The van der Waals surface area contributed by atoms with Gasteiger partial charge in [-0.15, -0.1) is 0 Å². The van der Waals surface area contributed by atoms with Gasteiger partial charge in [-0.1, -0.05) is 23.7 Å². The zero-order valence-corrected chi connectivity index (χ0v) is 10.0. The average Bonchev–Trinajstić information content (AvgIpc) is 2.39. The Balaban J connectivity index is 2.45. The summed E-state index contributed by atoms with van der Waals surface area (Å²) in [5, 5.41) is 9.39. The number of rotatable bonds is 2. The van der Waals surface area contributed by atoms with E-state index in [1.807, 2.05) is 0 Å². The Hall–Kier alpha value is -2.18. The predicted molar refractivity (Wildman–Crippen MR) is 69.1 cm³/mol. The second kappa shape index (κ2) is 5.44. The van der Waals surface area contributed by atoms with Gasteiger partial charge in [0.1, 0.15) is 5.82 Å². The summed E-state index contributed by atoms with van der Waals surface area (Å²) < 4.78 is 12.9. The zero-order valence-electron chi connectivity index (χ0n) is 9.27. The summed E-state index contributed by atoms with van der Waals surface area (Å²) in [6.45, 7) is 0. The van der Waals surface area contributed by atoms with Gasteiger partial charge in [-0.25, -0.2) is 4.39 Å². The molecule has 4 heteroatoms. The Morgan fingerprint density at radius 2 is 2.22 bits per heavy atom. The third-order valence-corrected chi connectivity index (χ3v) is 2.68. The minimum atomic E-state index is -0.406. The van der Waals surface area contributed by atoms with Crippen molar-refractivity contribution in [2.45, 2.75) is 0 Å². The number of benzene rings is 1. The van der Waals surface area contributed by atoms with E-state index in [0.717, 1.165) is 0 Å². The second-order valence-corrected chi connectivity index (χ2v) is 3.98. The van der Waals surface area contributed by atoms with Crippen molar-refractivity contribution >= 4 is 23.3 Å². The Bertz CT molecular complexity index is 630. The average molecular weight is 259 g/mol. The molecule has 0 N–H and O–H groups in total. The predicted octanol–water partition coefficient (Wildman–Crippen LogP) is 3.94. The molecule has 2 nitrogen and oxygen atoms in total. The molecule has 1 aromatic heterocycles. The lowest BCUT2D eigenvalue weighted by atomic mass is 10.1. The van der Waals surface area contributed by atoms with E-state index < -0.39 is 5.82 Å². The number of aromatic nitrogens is 1. The number of nitrogens with zero attached hydrogens (tertiary/aromatic N) is 2. The van der Waals surface area contributed by atoms with Crippen molar-refractivity contribution in [3.63, 3.8) is 0 Å². The molecule has 0 saturated heterocycles. The third kappa shape index (κ3) is 2.73. The van der Waals surface area contributed by atoms with Crippen molar-refractivity contribution in [2.75, 3.05) is 0 Å². The van der Waals surface area contributed by atoms with Gasteiger partial charge >= 0.3 is 0 Å². The molecule has 0 unspecified atom stereocenters. The van der Waals surface area contributed by atoms with E-state index in [1.54, 1.807) is 30.6 Å². The van der Waals surface area contributed by atoms with E-state index in [0.29, 0.717) is 16.7 Å². The van der Waals surface area contributed by atoms with Gasteiger partial charge in [0.2, 0.25) is 0 Å². The van der Waals surface area contributed by atoms with Gasteiger partial charge in [-0.05, 0) is 29.8 Å². The van der Waals surface area contributed by atoms with Crippen LogP contribution in [0.15, 0.2) is 42.7 Å². The van der Waals surface area contributed by atoms with Crippen LogP contribution in [-0.2, 0) is 0 Å². The van der Waals surface area contributed by atoms with Crippen molar-refractivity contribution < 1.29 is 4.39 Å². The SMILES string of the molecule is N#C/C(=C/c1ccc(F)cc1Cl)c1cccnc1. The largest absolute Gasteiger partial charge is 0.264 e. The first-order valence-electron chi connectivity index (χ1n) is 5.18. The summed E-state index contributed by atoms with van der Waals surface area (Å²) in [6.07, 6.45) is 4.83. The maximum atomic E-state index is 12.9. The summed E-state index contributed by atoms with van der Waals surface area (Å²) in [7, 11) is 0. The molecular weight excluding hydrogens is 251 g/mol. The molecule has 88 valence electrons. The van der Waals surface area contributed by atoms with Crippen LogP contribution < -0.4 is 0 Å². The molecule has 1 aromatic carbocycles. The first-order valence-corrected chi connectivity index (χ1v) is 5.56. The van der Waals surface area contributed by atoms with Gasteiger partial charge in [0.05, 0.1) is 16.7 Å². The fourth-order valence-corrected chi connectivity index (χ4v) is 1.70. The highest BCUT2D eigenvalue weighted by Crippen LogP contribution is 2.23. The molecule has 0 radical (unpaired) electrons. The third-order valence-electron chi connectivity index (χ3n) is 2.36. The van der Waals surface area contributed by atoms with E-state index in [4.69, 9.17) is 16.9 Å². The van der Waals surface area contributed by atoms with Crippen molar-refractivity contribution in [3.05, 3.63) is 64.7 Å². The van der Waals surface area contributed by atoms with Crippen molar-refractivity contribution in [1.82, 2.24) is 4.98 Å². The number of pyridine rings is 1. The van der Waals surface area contributed by atoms with Crippen molar-refractivity contribution in [2.24, 2.45) is 0 Å². The molecule has 0 atom stereocenters. The van der Waals surface area contributed by atoms with Crippen LogP contribution in [0.5, 0.6) is 0 Å². The van der Waals surface area contributed by atoms with E-state index in [-0.39, 0.29) is 5.02 Å². The van der Waals surface area contributed by atoms with Gasteiger partial charge in [-0.3, -0.25) is 4.98 Å². The van der Waals surface area contributed by atoms with Crippen LogP contribution in [0, 0.1) is 17.1 Å². The monoisotopic (exact) mass is 258 g/mol. The maximum absolute atomic E-state index is 12.9. The van der Waals surface area contributed by atoms with Crippen LogP contribution in [0.2, 0.25) is 5.02 Å². The minimum absolute atomic E-state index is 0.270. The number of hydrogen-bond donors (Lipinski definition) is 0. The molecule has 1 heterocycles. The molecule has 0 aliphatic rings. The first-order chi connectivity index (χ1) is 8.70. The Morgan fingerprint density at radius 1 is 1.39 bits per heavy atom. The lowest BCUT2D eigenvalue weighted by molar-refractivity contribution is 0.628. The summed E-state index contributed by atoms with van der Waals surface area (Å²) in [4.78, 5) is 3.95. The molecule has 2 aromatic rings. The lowest BCUT2D eigenvalue weighted by Crippen LogP contribution is -1.84. The highest BCUT2D eigenvalue weighted by atomic mass is 35.5. The first kappa shape index (κ1) is 12.3. The quantitative estimate of drug-likeness (QED) is 0.765. The molecule has 0 aliphatic heterocycles. The molecule has 18 heavy (non-hydrogen) atoms. The fraction of sp³-hybridized carbons (Fsp3) is 0. The molecule has 0 saturated carbocycles. The summed E-state index contributed by atoms with van der Waals surface area (Å²) in [5.74, 6) is -0.406. The van der Waals surface area contributed by atoms with Gasteiger partial charge in [0.15, 0.2) is 0 Å². The van der Waals surface area contributed by atoms with Gasteiger partial charge < -0.3 is 0 Å². The van der Waals surface area contributed by atoms with Gasteiger partial charge in [0, 0.05) is 18.0 Å². The van der Waals surface area contributed by atoms with E-state index in [1.165, 1.54) is 18.2 Å². The number of halogens is 2. The molecule has 0 fully saturated rings. The number of allylic oxidation sites excluding steroid dienone is 1. The number of hydrogen-bond acceptors (Lipinski definition) is 2. The second-order valence-electron chi connectivity index (χ2n) is 3.58. The zero-order chi connectivity index (χ0) is 13.0.